The normalized spacial score (nSPS) is 11.0. The highest BCUT2D eigenvalue weighted by atomic mass is 16.6. The lowest BCUT2D eigenvalue weighted by atomic mass is 10.2. The summed E-state index contributed by atoms with van der Waals surface area (Å²) in [5.74, 6) is 1.78. The van der Waals surface area contributed by atoms with Gasteiger partial charge in [-0.25, -0.2) is 9.59 Å². The van der Waals surface area contributed by atoms with Gasteiger partial charge in [0.1, 0.15) is 12.6 Å². The summed E-state index contributed by atoms with van der Waals surface area (Å²) in [4.78, 5) is 23.4. The van der Waals surface area contributed by atoms with Crippen LogP contribution >= 0.6 is 0 Å². The topological polar surface area (TPSA) is 64.6 Å². The van der Waals surface area contributed by atoms with Gasteiger partial charge in [-0.2, -0.15) is 0 Å². The van der Waals surface area contributed by atoms with E-state index in [2.05, 4.69) is 11.2 Å². The van der Waals surface area contributed by atoms with Crippen molar-refractivity contribution in [3.8, 4) is 12.3 Å². The maximum Gasteiger partial charge on any atom is 0.408 e. The Morgan fingerprint density at radius 1 is 1.29 bits per heavy atom. The molecule has 0 aliphatic heterocycles. The molecule has 0 bridgehead atoms. The monoisotopic (exact) mass is 289 g/mol. The third-order valence-electron chi connectivity index (χ3n) is 2.56. The molecule has 21 heavy (non-hydrogen) atoms. The highest BCUT2D eigenvalue weighted by Gasteiger charge is 2.21. The summed E-state index contributed by atoms with van der Waals surface area (Å²) >= 11 is 0. The van der Waals surface area contributed by atoms with Crippen LogP contribution in [0.15, 0.2) is 30.3 Å². The van der Waals surface area contributed by atoms with Crippen molar-refractivity contribution in [3.05, 3.63) is 35.9 Å². The largest absolute Gasteiger partial charge is 0.464 e. The molecule has 112 valence electrons. The van der Waals surface area contributed by atoms with E-state index in [0.717, 1.165) is 5.56 Å². The second-order valence-electron chi connectivity index (χ2n) is 4.33. The Morgan fingerprint density at radius 3 is 2.62 bits per heavy atom. The molecule has 5 nitrogen and oxygen atoms in total. The van der Waals surface area contributed by atoms with Gasteiger partial charge in [-0.05, 0) is 12.0 Å². The summed E-state index contributed by atoms with van der Waals surface area (Å²) in [6.45, 7) is 2.30. The molecule has 0 aliphatic rings. The van der Waals surface area contributed by atoms with E-state index >= 15 is 0 Å². The summed E-state index contributed by atoms with van der Waals surface area (Å²) in [5, 5.41) is 2.42. The number of terminal acetylenes is 1. The number of esters is 1. The first-order valence-corrected chi connectivity index (χ1v) is 6.74. The van der Waals surface area contributed by atoms with Crippen molar-refractivity contribution in [2.24, 2.45) is 0 Å². The first-order chi connectivity index (χ1) is 10.2. The van der Waals surface area contributed by atoms with E-state index in [1.54, 1.807) is 0 Å². The quantitative estimate of drug-likeness (QED) is 0.617. The molecule has 0 spiro atoms. The predicted octanol–water partition coefficient (Wildman–Crippen LogP) is 2.26. The maximum absolute atomic E-state index is 11.7. The first-order valence-electron chi connectivity index (χ1n) is 6.74. The number of carbonyl (C=O) groups excluding carboxylic acids is 2. The molecule has 1 N–H and O–H groups in total. The molecule has 1 aromatic rings. The maximum atomic E-state index is 11.7. The van der Waals surface area contributed by atoms with Gasteiger partial charge in [0.2, 0.25) is 0 Å². The third-order valence-corrected chi connectivity index (χ3v) is 2.56. The van der Waals surface area contributed by atoms with E-state index in [4.69, 9.17) is 15.9 Å². The zero-order valence-electron chi connectivity index (χ0n) is 12.0. The van der Waals surface area contributed by atoms with Gasteiger partial charge in [0.05, 0.1) is 6.61 Å². The van der Waals surface area contributed by atoms with Crippen molar-refractivity contribution in [2.75, 3.05) is 6.61 Å². The van der Waals surface area contributed by atoms with E-state index < -0.39 is 18.1 Å². The van der Waals surface area contributed by atoms with Gasteiger partial charge in [0.15, 0.2) is 0 Å². The average Bonchev–Trinajstić information content (AvgIpc) is 2.51. The third kappa shape index (κ3) is 6.48. The summed E-state index contributed by atoms with van der Waals surface area (Å²) < 4.78 is 10.00. The van der Waals surface area contributed by atoms with Crippen LogP contribution in [0.3, 0.4) is 0 Å². The van der Waals surface area contributed by atoms with Crippen LogP contribution in [0.2, 0.25) is 0 Å². The van der Waals surface area contributed by atoms with Crippen molar-refractivity contribution in [3.63, 3.8) is 0 Å². The van der Waals surface area contributed by atoms with Gasteiger partial charge in [-0.15, -0.1) is 12.3 Å². The zero-order valence-corrected chi connectivity index (χ0v) is 12.0. The van der Waals surface area contributed by atoms with Crippen molar-refractivity contribution in [2.45, 2.75) is 32.4 Å². The average molecular weight is 289 g/mol. The number of alkyl carbamates (subject to hydrolysis) is 1. The summed E-state index contributed by atoms with van der Waals surface area (Å²) in [5.41, 5.74) is 0.856. The van der Waals surface area contributed by atoms with Gasteiger partial charge >= 0.3 is 12.1 Å². The van der Waals surface area contributed by atoms with E-state index in [9.17, 15) is 9.59 Å². The Bertz CT molecular complexity index is 493. The summed E-state index contributed by atoms with van der Waals surface area (Å²) in [6, 6.07) is 8.35. The fraction of sp³-hybridized carbons (Fsp3) is 0.375. The number of amides is 1. The lowest BCUT2D eigenvalue weighted by Gasteiger charge is -2.15. The summed E-state index contributed by atoms with van der Waals surface area (Å²) in [6.07, 6.45) is 5.25. The fourth-order valence-corrected chi connectivity index (χ4v) is 1.52. The number of benzene rings is 1. The minimum atomic E-state index is -0.884. The Hall–Kier alpha value is -2.48. The molecule has 1 unspecified atom stereocenters. The van der Waals surface area contributed by atoms with E-state index in [1.165, 1.54) is 0 Å². The van der Waals surface area contributed by atoms with Crippen LogP contribution < -0.4 is 5.32 Å². The van der Waals surface area contributed by atoms with Gasteiger partial charge < -0.3 is 14.8 Å². The van der Waals surface area contributed by atoms with Crippen LogP contribution in [-0.4, -0.2) is 24.7 Å². The van der Waals surface area contributed by atoms with Crippen LogP contribution in [0.4, 0.5) is 4.79 Å². The van der Waals surface area contributed by atoms with Gasteiger partial charge in [0, 0.05) is 6.42 Å². The van der Waals surface area contributed by atoms with Gasteiger partial charge in [-0.3, -0.25) is 0 Å². The van der Waals surface area contributed by atoms with E-state index in [-0.39, 0.29) is 13.0 Å². The first kappa shape index (κ1) is 16.6. The smallest absolute Gasteiger partial charge is 0.408 e. The molecule has 5 heteroatoms. The molecule has 1 amide bonds. The van der Waals surface area contributed by atoms with Crippen LogP contribution in [0, 0.1) is 12.3 Å². The molecule has 0 saturated carbocycles. The molecule has 0 heterocycles. The van der Waals surface area contributed by atoms with Crippen molar-refractivity contribution in [1.82, 2.24) is 5.32 Å². The highest BCUT2D eigenvalue weighted by Crippen LogP contribution is 2.02. The van der Waals surface area contributed by atoms with Crippen LogP contribution in [-0.2, 0) is 20.9 Å². The minimum Gasteiger partial charge on any atom is -0.464 e. The van der Waals surface area contributed by atoms with Crippen molar-refractivity contribution in [1.29, 1.82) is 0 Å². The Labute approximate surface area is 124 Å². The van der Waals surface area contributed by atoms with Crippen molar-refractivity contribution >= 4 is 12.1 Å². The number of hydrogen-bond acceptors (Lipinski definition) is 4. The van der Waals surface area contributed by atoms with Gasteiger partial charge in [0.25, 0.3) is 0 Å². The van der Waals surface area contributed by atoms with Crippen LogP contribution in [0.25, 0.3) is 0 Å². The highest BCUT2D eigenvalue weighted by molar-refractivity contribution is 5.81. The number of carbonyl (C=O) groups is 2. The molecule has 1 rings (SSSR count). The Morgan fingerprint density at radius 2 is 2.00 bits per heavy atom. The second-order valence-corrected chi connectivity index (χ2v) is 4.33. The van der Waals surface area contributed by atoms with E-state index in [0.29, 0.717) is 13.0 Å². The van der Waals surface area contributed by atoms with Crippen molar-refractivity contribution < 1.29 is 19.1 Å². The summed E-state index contributed by atoms with van der Waals surface area (Å²) in [7, 11) is 0. The molecule has 0 saturated heterocycles. The SMILES string of the molecule is C#CCC(NC(=O)OCc1ccccc1)C(=O)OCCC. The fourth-order valence-electron chi connectivity index (χ4n) is 1.52. The van der Waals surface area contributed by atoms with Crippen LogP contribution in [0.5, 0.6) is 0 Å². The molecule has 1 atom stereocenters. The Balaban J connectivity index is 2.45. The standard InChI is InChI=1S/C16H19NO4/c1-3-8-14(15(18)20-11-4-2)17-16(19)21-12-13-9-6-5-7-10-13/h1,5-7,9-10,14H,4,8,11-12H2,2H3,(H,17,19). The number of ether oxygens (including phenoxy) is 2. The molecule has 0 aliphatic carbocycles. The molecule has 1 aromatic carbocycles. The van der Waals surface area contributed by atoms with Crippen LogP contribution in [0.1, 0.15) is 25.3 Å². The second kappa shape index (κ2) is 9.43. The lowest BCUT2D eigenvalue weighted by Crippen LogP contribution is -2.42. The predicted molar refractivity (Wildman–Crippen MR) is 78.3 cm³/mol. The zero-order chi connectivity index (χ0) is 15.5. The Kier molecular flexibility index (Phi) is 7.44. The molecule has 0 aromatic heterocycles. The number of nitrogens with one attached hydrogen (secondary N) is 1. The number of hydrogen-bond donors (Lipinski definition) is 1. The molecular weight excluding hydrogens is 270 g/mol. The number of rotatable bonds is 7. The van der Waals surface area contributed by atoms with Gasteiger partial charge in [-0.1, -0.05) is 37.3 Å². The van der Waals surface area contributed by atoms with E-state index in [1.807, 2.05) is 37.3 Å². The minimum absolute atomic E-state index is 0.0585. The molecule has 0 radical (unpaired) electrons. The molecule has 0 fully saturated rings. The molecular formula is C16H19NO4. The lowest BCUT2D eigenvalue weighted by molar-refractivity contribution is -0.145.